The Kier molecular flexibility index (Phi) is 26.7. The Hall–Kier alpha value is -9.76. The van der Waals surface area contributed by atoms with E-state index in [0.29, 0.717) is 77.9 Å². The van der Waals surface area contributed by atoms with Crippen LogP contribution in [0.2, 0.25) is 5.02 Å². The van der Waals surface area contributed by atoms with Gasteiger partial charge in [0.05, 0.1) is 155 Å². The molecule has 0 atom stereocenters. The number of hydrogen-bond donors (Lipinski definition) is 3. The third kappa shape index (κ3) is 17.0. The summed E-state index contributed by atoms with van der Waals surface area (Å²) in [4.78, 5) is 68.6. The molecule has 3 aliphatic rings. The normalized spacial score (nSPS) is 12.4. The number of nitrogens with zero attached hydrogens (tertiary/aromatic N) is 8. The van der Waals surface area contributed by atoms with Gasteiger partial charge in [-0.25, -0.2) is 56.2 Å². The molecule has 0 unspecified atom stereocenters. The van der Waals surface area contributed by atoms with E-state index in [1.165, 1.54) is 96.0 Å². The lowest BCUT2D eigenvalue weighted by Crippen LogP contribution is -2.23. The zero-order valence-corrected chi connectivity index (χ0v) is 59.0. The first kappa shape index (κ1) is 79.9. The zero-order valence-electron chi connectivity index (χ0n) is 55.8. The molecular formula is C78H78ClF6N9O7S3. The van der Waals surface area contributed by atoms with Gasteiger partial charge in [-0.15, -0.1) is 34.0 Å². The third-order valence-corrected chi connectivity index (χ3v) is 19.4. The molecule has 14 rings (SSSR count). The van der Waals surface area contributed by atoms with Crippen LogP contribution in [0, 0.1) is 34.9 Å². The number of pyridine rings is 3. The number of carbonyl (C=O) groups excluding carboxylic acids is 3. The van der Waals surface area contributed by atoms with Gasteiger partial charge in [0.2, 0.25) is 0 Å². The van der Waals surface area contributed by atoms with E-state index in [4.69, 9.17) is 26.1 Å². The minimum Gasteiger partial charge on any atom is -0.496 e. The molecule has 3 N–H and O–H groups in total. The summed E-state index contributed by atoms with van der Waals surface area (Å²) in [7, 11) is 3.04. The molecule has 5 aromatic carbocycles. The van der Waals surface area contributed by atoms with Crippen molar-refractivity contribution >= 4 is 63.3 Å². The molecule has 0 bridgehead atoms. The minimum absolute atomic E-state index is 0. The molecule has 6 aromatic heterocycles. The van der Waals surface area contributed by atoms with Crippen LogP contribution in [0.25, 0.3) is 54.9 Å². The Morgan fingerprint density at radius 3 is 1.27 bits per heavy atom. The molecule has 11 aromatic rings. The maximum absolute atomic E-state index is 14.7. The average Bonchev–Trinajstić information content (AvgIpc) is 1.57. The molecule has 0 aliphatic carbocycles. The van der Waals surface area contributed by atoms with Crippen molar-refractivity contribution in [1.29, 1.82) is 0 Å². The van der Waals surface area contributed by atoms with Gasteiger partial charge in [0.1, 0.15) is 56.4 Å². The predicted octanol–water partition coefficient (Wildman–Crippen LogP) is 19.0. The second kappa shape index (κ2) is 34.7. The molecule has 0 spiro atoms. The van der Waals surface area contributed by atoms with Crippen LogP contribution in [-0.4, -0.2) is 81.9 Å². The smallest absolute Gasteiger partial charge is 0.257 e. The number of amides is 3. The number of methoxy groups -OCH3 is 2. The fourth-order valence-corrected chi connectivity index (χ4v) is 14.4. The monoisotopic (exact) mass is 1500 g/mol. The topological polar surface area (TPSA) is 206 Å². The van der Waals surface area contributed by atoms with Gasteiger partial charge >= 0.3 is 0 Å². The number of thiazole rings is 3. The SMILES string of the molecule is C.C.C.CC(C)c1csc(-c2cc(-c3c(F)cccc3F)nc3c2C(=O)NC3)n1.CC(C)c1cscn1.COc1cc(CO)ccc1CN1Cc2nc(-c3c(F)cccc3F)cc(-c3nc(C(C)C)cs3)c2C1=O.COc1cc(CO)ccc1CN1Cc2nc(-c3c(F)cccc3F)cc(Cl)c2C1=O. The van der Waals surface area contributed by atoms with Gasteiger partial charge in [-0.05, 0) is 95.6 Å². The molecule has 26 heteroatoms. The number of carbonyl (C=O) groups is 3. The van der Waals surface area contributed by atoms with Crippen LogP contribution >= 0.6 is 45.6 Å². The van der Waals surface area contributed by atoms with Crippen LogP contribution in [0.15, 0.2) is 131 Å². The van der Waals surface area contributed by atoms with E-state index in [-0.39, 0.29) is 142 Å². The first-order valence-corrected chi connectivity index (χ1v) is 34.9. The fraction of sp³-hybridized carbons (Fsp3) is 0.269. The van der Waals surface area contributed by atoms with Crippen LogP contribution in [-0.2, 0) is 45.9 Å². The second-order valence-corrected chi connectivity index (χ2v) is 27.3. The molecule has 3 aliphatic heterocycles. The summed E-state index contributed by atoms with van der Waals surface area (Å²) in [5.41, 5.74) is 10.7. The van der Waals surface area contributed by atoms with Crippen molar-refractivity contribution in [2.45, 2.75) is 128 Å². The molecule has 0 saturated carbocycles. The van der Waals surface area contributed by atoms with E-state index in [1.54, 1.807) is 58.7 Å². The van der Waals surface area contributed by atoms with Crippen LogP contribution in [0.5, 0.6) is 11.5 Å². The molecule has 0 saturated heterocycles. The minimum atomic E-state index is -0.756. The molecular weight excluding hydrogens is 1420 g/mol. The van der Waals surface area contributed by atoms with E-state index in [0.717, 1.165) is 34.6 Å². The molecule has 544 valence electrons. The highest BCUT2D eigenvalue weighted by Crippen LogP contribution is 2.42. The van der Waals surface area contributed by atoms with Crippen LogP contribution in [0.1, 0.15) is 169 Å². The summed E-state index contributed by atoms with van der Waals surface area (Å²) in [6, 6.07) is 25.9. The van der Waals surface area contributed by atoms with Gasteiger partial charge in [-0.2, -0.15) is 0 Å². The summed E-state index contributed by atoms with van der Waals surface area (Å²) in [5.74, 6) is -3.05. The first-order chi connectivity index (χ1) is 48.5. The summed E-state index contributed by atoms with van der Waals surface area (Å²) >= 11 is 10.8. The van der Waals surface area contributed by atoms with Gasteiger partial charge in [0.15, 0.2) is 0 Å². The molecule has 0 radical (unpaired) electrons. The molecule has 104 heavy (non-hydrogen) atoms. The number of fused-ring (bicyclic) bond motifs is 3. The van der Waals surface area contributed by atoms with Crippen molar-refractivity contribution in [2.24, 2.45) is 0 Å². The average molecular weight is 1500 g/mol. The van der Waals surface area contributed by atoms with Gasteiger partial charge in [-0.1, -0.05) is 118 Å². The third-order valence-electron chi connectivity index (χ3n) is 16.7. The largest absolute Gasteiger partial charge is 0.496 e. The summed E-state index contributed by atoms with van der Waals surface area (Å²) in [6.07, 6.45) is 0. The van der Waals surface area contributed by atoms with Crippen molar-refractivity contribution < 1.29 is 60.4 Å². The van der Waals surface area contributed by atoms with Crippen molar-refractivity contribution in [3.63, 3.8) is 0 Å². The Bertz CT molecular complexity index is 4880. The Balaban J connectivity index is 0.000000187. The molecule has 9 heterocycles. The molecule has 0 fully saturated rings. The van der Waals surface area contributed by atoms with E-state index >= 15 is 0 Å². The molecule has 3 amide bonds. The standard InChI is InChI=1S/C28H25F2N3O3S.C22H17ClF2N2O3.C19H15F2N3OS.C6H9NS.3CH4/c1-15(2)23-14-37-27(32-23)18-10-21(26-19(29)5-4-6-20(26)30)31-22-12-33(28(35)25(18)22)11-17-8-7-16(13-34)9-24(17)36-3;1-30-19-7-12(11-28)5-6-13(19)9-27-10-18-20(22(27)29)14(23)8-17(26-18)21-15(24)3-2-4-16(21)25;1-9(2)15-8-26-19(24-15)10-6-13(17-11(20)4-3-5-12(17)21)23-14-7-22-18(25)16(10)14;1-5(2)6-3-8-4-7-6;;;/h4-10,14-15,34H,11-13H2,1-3H3;2-8,28H,9-11H2,1H3;3-6,8-9H,7H2,1-2H3,(H,22,25);3-5H,1-2H3;3*1H4. The Morgan fingerprint density at radius 2 is 0.894 bits per heavy atom. The van der Waals surface area contributed by atoms with Gasteiger partial charge in [0, 0.05) is 38.4 Å². The van der Waals surface area contributed by atoms with E-state index < -0.39 is 34.9 Å². The summed E-state index contributed by atoms with van der Waals surface area (Å²) < 4.78 is 97.1. The Labute approximate surface area is 617 Å². The zero-order chi connectivity index (χ0) is 72.1. The number of hydrogen-bond acceptors (Lipinski definition) is 16. The number of rotatable bonds is 16. The van der Waals surface area contributed by atoms with E-state index in [9.17, 15) is 50.9 Å². The quantitative estimate of drug-likeness (QED) is 0.0771. The lowest BCUT2D eigenvalue weighted by molar-refractivity contribution is 0.0758. The van der Waals surface area contributed by atoms with Crippen LogP contribution < -0.4 is 14.8 Å². The number of aliphatic hydroxyl groups excluding tert-OH is 2. The number of aliphatic hydroxyl groups is 2. The van der Waals surface area contributed by atoms with Crippen LogP contribution in [0.4, 0.5) is 26.3 Å². The van der Waals surface area contributed by atoms with E-state index in [2.05, 4.69) is 49.5 Å². The van der Waals surface area contributed by atoms with Crippen molar-refractivity contribution in [3.8, 4) is 66.4 Å². The van der Waals surface area contributed by atoms with Gasteiger partial charge in [0.25, 0.3) is 17.7 Å². The fourth-order valence-electron chi connectivity index (χ4n) is 11.4. The Morgan fingerprint density at radius 1 is 0.500 bits per heavy atom. The maximum Gasteiger partial charge on any atom is 0.257 e. The van der Waals surface area contributed by atoms with Crippen molar-refractivity contribution in [3.05, 3.63) is 244 Å². The second-order valence-electron chi connectivity index (χ2n) is 24.5. The van der Waals surface area contributed by atoms with Gasteiger partial charge < -0.3 is 34.8 Å². The van der Waals surface area contributed by atoms with Gasteiger partial charge in [-0.3, -0.25) is 14.4 Å². The van der Waals surface area contributed by atoms with Crippen LogP contribution in [0.3, 0.4) is 0 Å². The highest BCUT2D eigenvalue weighted by atomic mass is 35.5. The van der Waals surface area contributed by atoms with Crippen molar-refractivity contribution in [1.82, 2.24) is 45.0 Å². The number of ether oxygens (including phenoxy) is 2. The predicted molar refractivity (Wildman–Crippen MR) is 397 cm³/mol. The lowest BCUT2D eigenvalue weighted by Gasteiger charge is -2.18. The highest BCUT2D eigenvalue weighted by Gasteiger charge is 2.37. The van der Waals surface area contributed by atoms with Crippen molar-refractivity contribution in [2.75, 3.05) is 14.2 Å². The van der Waals surface area contributed by atoms with E-state index in [1.807, 2.05) is 50.0 Å². The number of benzene rings is 5. The maximum atomic E-state index is 14.7. The number of aromatic nitrogens is 6. The number of halogens is 7. The molecule has 16 nitrogen and oxygen atoms in total. The highest BCUT2D eigenvalue weighted by molar-refractivity contribution is 7.13. The summed E-state index contributed by atoms with van der Waals surface area (Å²) in [5, 5.41) is 28.7. The number of nitrogens with one attached hydrogen (secondary N) is 1. The summed E-state index contributed by atoms with van der Waals surface area (Å²) in [6.45, 7) is 13.2. The first-order valence-electron chi connectivity index (χ1n) is 31.8. The lowest BCUT2D eigenvalue weighted by atomic mass is 10.0.